The molecule has 7 heteroatoms. The maximum Gasteiger partial charge on any atom is 0.320 e. The van der Waals surface area contributed by atoms with E-state index >= 15 is 0 Å². The molecule has 1 atom stereocenters. The van der Waals surface area contributed by atoms with Crippen molar-refractivity contribution in [2.24, 2.45) is 5.92 Å². The highest BCUT2D eigenvalue weighted by atomic mass is 16.5. The molecule has 0 radical (unpaired) electrons. The van der Waals surface area contributed by atoms with E-state index in [4.69, 9.17) is 4.74 Å². The van der Waals surface area contributed by atoms with Gasteiger partial charge in [-0.05, 0) is 46.2 Å². The minimum Gasteiger partial charge on any atom is -0.369 e. The summed E-state index contributed by atoms with van der Waals surface area (Å²) < 4.78 is 7.66. The van der Waals surface area contributed by atoms with Crippen LogP contribution in [0.3, 0.4) is 0 Å². The van der Waals surface area contributed by atoms with Crippen LogP contribution in [-0.2, 0) is 4.74 Å². The van der Waals surface area contributed by atoms with Crippen molar-refractivity contribution in [3.05, 3.63) is 36.5 Å². The number of carbonyl (C=O) groups is 1. The van der Waals surface area contributed by atoms with Gasteiger partial charge >= 0.3 is 6.03 Å². The van der Waals surface area contributed by atoms with Gasteiger partial charge in [0.15, 0.2) is 5.82 Å². The van der Waals surface area contributed by atoms with Crippen LogP contribution in [0.2, 0.25) is 0 Å². The summed E-state index contributed by atoms with van der Waals surface area (Å²) in [5, 5.41) is 13.6. The van der Waals surface area contributed by atoms with Crippen molar-refractivity contribution in [3.63, 3.8) is 0 Å². The number of carbonyl (C=O) groups excluding carboxylic acids is 1. The molecule has 1 aliphatic heterocycles. The molecule has 1 aromatic carbocycles. The quantitative estimate of drug-likeness (QED) is 0.894. The molecule has 1 unspecified atom stereocenters. The molecule has 2 aromatic rings. The van der Waals surface area contributed by atoms with Crippen LogP contribution in [0, 0.1) is 5.92 Å². The summed E-state index contributed by atoms with van der Waals surface area (Å²) in [6, 6.07) is 9.26. The first-order valence-corrected chi connectivity index (χ1v) is 8.48. The van der Waals surface area contributed by atoms with E-state index in [1.165, 1.54) is 6.20 Å². The Morgan fingerprint density at radius 3 is 2.64 bits per heavy atom. The first-order chi connectivity index (χ1) is 11.8. The van der Waals surface area contributed by atoms with Gasteiger partial charge in [0.25, 0.3) is 0 Å². The van der Waals surface area contributed by atoms with Crippen molar-refractivity contribution in [1.29, 1.82) is 0 Å². The summed E-state index contributed by atoms with van der Waals surface area (Å²) in [7, 11) is 0. The van der Waals surface area contributed by atoms with Gasteiger partial charge in [0.2, 0.25) is 0 Å². The van der Waals surface area contributed by atoms with Gasteiger partial charge in [-0.15, -0.1) is 5.10 Å². The number of aromatic nitrogens is 3. The molecule has 1 aliphatic rings. The van der Waals surface area contributed by atoms with Gasteiger partial charge in [0.05, 0.1) is 23.1 Å². The standard InChI is InChI=1S/C18H25N5O2/c1-17(2)10-13(18(3,4)25-17)11-19-16(24)21-15-12-20-22-23(15)14-8-6-5-7-9-14/h5-9,12-13H,10-11H2,1-4H3,(H2,19,21,24). The number of nitrogens with one attached hydrogen (secondary N) is 2. The fourth-order valence-electron chi connectivity index (χ4n) is 3.45. The Labute approximate surface area is 147 Å². The van der Waals surface area contributed by atoms with Crippen molar-refractivity contribution < 1.29 is 9.53 Å². The zero-order valence-electron chi connectivity index (χ0n) is 15.1. The molecule has 3 rings (SSSR count). The van der Waals surface area contributed by atoms with Gasteiger partial charge in [0, 0.05) is 12.5 Å². The lowest BCUT2D eigenvalue weighted by Crippen LogP contribution is -2.39. The van der Waals surface area contributed by atoms with Crippen molar-refractivity contribution in [1.82, 2.24) is 20.3 Å². The number of rotatable bonds is 4. The van der Waals surface area contributed by atoms with Crippen molar-refractivity contribution in [2.45, 2.75) is 45.3 Å². The average Bonchev–Trinajstić information content (AvgIpc) is 3.07. The summed E-state index contributed by atoms with van der Waals surface area (Å²) in [4.78, 5) is 12.3. The zero-order chi connectivity index (χ0) is 18.1. The molecular weight excluding hydrogens is 318 g/mol. The predicted molar refractivity (Wildman–Crippen MR) is 95.7 cm³/mol. The van der Waals surface area contributed by atoms with E-state index in [0.717, 1.165) is 12.1 Å². The average molecular weight is 343 g/mol. The molecule has 25 heavy (non-hydrogen) atoms. The van der Waals surface area contributed by atoms with Crippen LogP contribution < -0.4 is 10.6 Å². The van der Waals surface area contributed by atoms with E-state index in [1.54, 1.807) is 4.68 Å². The molecule has 1 saturated heterocycles. The van der Waals surface area contributed by atoms with Gasteiger partial charge < -0.3 is 10.1 Å². The number of urea groups is 1. The summed E-state index contributed by atoms with van der Waals surface area (Å²) >= 11 is 0. The second kappa shape index (κ2) is 6.48. The summed E-state index contributed by atoms with van der Waals surface area (Å²) in [5.74, 6) is 0.774. The second-order valence-corrected chi connectivity index (χ2v) is 7.57. The number of nitrogens with zero attached hydrogens (tertiary/aromatic N) is 3. The molecule has 0 saturated carbocycles. The Morgan fingerprint density at radius 1 is 1.28 bits per heavy atom. The first-order valence-electron chi connectivity index (χ1n) is 8.48. The maximum absolute atomic E-state index is 12.3. The van der Waals surface area contributed by atoms with E-state index in [-0.39, 0.29) is 23.2 Å². The lowest BCUT2D eigenvalue weighted by atomic mass is 9.87. The van der Waals surface area contributed by atoms with Gasteiger partial charge in [-0.3, -0.25) is 5.32 Å². The molecule has 1 aromatic heterocycles. The third kappa shape index (κ3) is 3.99. The van der Waals surface area contributed by atoms with Crippen molar-refractivity contribution in [3.8, 4) is 5.69 Å². The Balaban J connectivity index is 1.60. The largest absolute Gasteiger partial charge is 0.369 e. The Kier molecular flexibility index (Phi) is 4.51. The van der Waals surface area contributed by atoms with E-state index in [1.807, 2.05) is 30.3 Å². The topological polar surface area (TPSA) is 81.1 Å². The number of ether oxygens (including phenoxy) is 1. The van der Waals surface area contributed by atoms with Crippen LogP contribution >= 0.6 is 0 Å². The highest BCUT2D eigenvalue weighted by Crippen LogP contribution is 2.41. The number of benzene rings is 1. The fraction of sp³-hybridized carbons (Fsp3) is 0.500. The lowest BCUT2D eigenvalue weighted by Gasteiger charge is -2.27. The zero-order valence-corrected chi connectivity index (χ0v) is 15.1. The van der Waals surface area contributed by atoms with Crippen LogP contribution in [0.1, 0.15) is 34.1 Å². The number of hydrogen-bond acceptors (Lipinski definition) is 4. The number of anilines is 1. The third-order valence-electron chi connectivity index (χ3n) is 4.56. The minimum atomic E-state index is -0.278. The van der Waals surface area contributed by atoms with E-state index < -0.39 is 0 Å². The van der Waals surface area contributed by atoms with Crippen molar-refractivity contribution in [2.75, 3.05) is 11.9 Å². The summed E-state index contributed by atoms with van der Waals surface area (Å²) in [6.45, 7) is 8.85. The molecule has 2 N–H and O–H groups in total. The van der Waals surface area contributed by atoms with Crippen LogP contribution in [0.25, 0.3) is 5.69 Å². The Morgan fingerprint density at radius 2 is 2.00 bits per heavy atom. The Bertz CT molecular complexity index is 739. The van der Waals surface area contributed by atoms with E-state index in [2.05, 4.69) is 48.6 Å². The van der Waals surface area contributed by atoms with Gasteiger partial charge in [-0.2, -0.15) is 4.68 Å². The smallest absolute Gasteiger partial charge is 0.320 e. The van der Waals surface area contributed by atoms with E-state index in [0.29, 0.717) is 12.4 Å². The van der Waals surface area contributed by atoms with Crippen LogP contribution in [0.5, 0.6) is 0 Å². The molecule has 2 amide bonds. The SMILES string of the molecule is CC1(C)CC(CNC(=O)Nc2cnnn2-c2ccccc2)C(C)(C)O1. The fourth-order valence-corrected chi connectivity index (χ4v) is 3.45. The van der Waals surface area contributed by atoms with Crippen molar-refractivity contribution >= 4 is 11.8 Å². The molecule has 134 valence electrons. The highest BCUT2D eigenvalue weighted by molar-refractivity contribution is 5.88. The molecular formula is C18H25N5O2. The van der Waals surface area contributed by atoms with E-state index in [9.17, 15) is 4.79 Å². The molecule has 0 spiro atoms. The molecule has 7 nitrogen and oxygen atoms in total. The molecule has 2 heterocycles. The number of amides is 2. The molecule has 1 fully saturated rings. The normalized spacial score (nSPS) is 21.0. The van der Waals surface area contributed by atoms with Gasteiger partial charge in [0.1, 0.15) is 0 Å². The first kappa shape index (κ1) is 17.4. The summed E-state index contributed by atoms with van der Waals surface area (Å²) in [6.07, 6.45) is 2.43. The Hall–Kier alpha value is -2.41. The van der Waals surface area contributed by atoms with Gasteiger partial charge in [-0.25, -0.2) is 4.79 Å². The van der Waals surface area contributed by atoms with Crippen LogP contribution in [0.4, 0.5) is 10.6 Å². The molecule has 0 bridgehead atoms. The number of hydrogen-bond donors (Lipinski definition) is 2. The third-order valence-corrected chi connectivity index (χ3v) is 4.56. The molecule has 0 aliphatic carbocycles. The van der Waals surface area contributed by atoms with Crippen LogP contribution in [-0.4, -0.2) is 38.8 Å². The van der Waals surface area contributed by atoms with Crippen LogP contribution in [0.15, 0.2) is 36.5 Å². The summed E-state index contributed by atoms with van der Waals surface area (Å²) in [5.41, 5.74) is 0.411. The minimum absolute atomic E-state index is 0.165. The second-order valence-electron chi connectivity index (χ2n) is 7.57. The highest BCUT2D eigenvalue weighted by Gasteiger charge is 2.45. The monoisotopic (exact) mass is 343 g/mol. The number of para-hydroxylation sites is 1. The predicted octanol–water partition coefficient (Wildman–Crippen LogP) is 2.98. The lowest BCUT2D eigenvalue weighted by molar-refractivity contribution is -0.0740. The maximum atomic E-state index is 12.3. The van der Waals surface area contributed by atoms with Gasteiger partial charge in [-0.1, -0.05) is 23.4 Å².